The van der Waals surface area contributed by atoms with Crippen molar-refractivity contribution in [3.8, 4) is 0 Å². The molecule has 1 amide bonds. The normalized spacial score (nSPS) is 17.3. The molecule has 0 unspecified atom stereocenters. The molecular weight excluding hydrogens is 466 g/mol. The van der Waals surface area contributed by atoms with Crippen LogP contribution in [0, 0.1) is 24.0 Å². The first-order chi connectivity index (χ1) is 16.8. The Bertz CT molecular complexity index is 1560. The second kappa shape index (κ2) is 8.44. The minimum atomic E-state index is -1.09. The number of benzene rings is 3. The quantitative estimate of drug-likeness (QED) is 0.135. The highest BCUT2D eigenvalue weighted by Crippen LogP contribution is 2.45. The number of ketones is 1. The highest BCUT2D eigenvalue weighted by atomic mass is 32.1. The van der Waals surface area contributed by atoms with Crippen molar-refractivity contribution in [3.63, 3.8) is 0 Å². The summed E-state index contributed by atoms with van der Waals surface area (Å²) in [4.78, 5) is 43.4. The van der Waals surface area contributed by atoms with Gasteiger partial charge in [0.15, 0.2) is 5.13 Å². The largest absolute Gasteiger partial charge is 0.507 e. The van der Waals surface area contributed by atoms with Crippen LogP contribution in [0.1, 0.15) is 28.3 Å². The zero-order chi connectivity index (χ0) is 24.9. The number of Topliss-reactive ketones (excluding diaryl/α,β-unsaturated/α-hetero) is 1. The van der Waals surface area contributed by atoms with Crippen LogP contribution < -0.4 is 4.90 Å². The fourth-order valence-corrected chi connectivity index (χ4v) is 5.54. The number of amides is 1. The van der Waals surface area contributed by atoms with E-state index in [1.807, 2.05) is 26.0 Å². The van der Waals surface area contributed by atoms with Gasteiger partial charge in [-0.2, -0.15) is 0 Å². The number of aromatic nitrogens is 1. The number of thiazole rings is 1. The van der Waals surface area contributed by atoms with E-state index >= 15 is 0 Å². The zero-order valence-corrected chi connectivity index (χ0v) is 19.6. The Balaban J connectivity index is 1.77. The summed E-state index contributed by atoms with van der Waals surface area (Å²) in [6, 6.07) is 17.0. The first-order valence-corrected chi connectivity index (χ1v) is 11.6. The van der Waals surface area contributed by atoms with Gasteiger partial charge in [0.2, 0.25) is 0 Å². The van der Waals surface area contributed by atoms with E-state index < -0.39 is 22.7 Å². The third kappa shape index (κ3) is 3.75. The summed E-state index contributed by atoms with van der Waals surface area (Å²) < 4.78 is 0.847. The number of nitrogens with zero attached hydrogens (tertiary/aromatic N) is 3. The van der Waals surface area contributed by atoms with Gasteiger partial charge in [-0.15, -0.1) is 0 Å². The van der Waals surface area contributed by atoms with Gasteiger partial charge in [0, 0.05) is 17.7 Å². The third-order valence-electron chi connectivity index (χ3n) is 5.91. The number of carbonyl (C=O) groups is 2. The van der Waals surface area contributed by atoms with Crippen molar-refractivity contribution >= 4 is 49.8 Å². The van der Waals surface area contributed by atoms with Gasteiger partial charge in [-0.1, -0.05) is 59.9 Å². The van der Waals surface area contributed by atoms with Gasteiger partial charge in [0.05, 0.1) is 26.8 Å². The number of nitro groups is 1. The van der Waals surface area contributed by atoms with Crippen LogP contribution in [0.25, 0.3) is 16.0 Å². The number of rotatable bonds is 4. The Morgan fingerprint density at radius 3 is 2.51 bits per heavy atom. The van der Waals surface area contributed by atoms with Crippen molar-refractivity contribution < 1.29 is 19.6 Å². The molecule has 0 saturated carbocycles. The maximum Gasteiger partial charge on any atom is 0.301 e. The molecule has 9 heteroatoms. The smallest absolute Gasteiger partial charge is 0.301 e. The first-order valence-electron chi connectivity index (χ1n) is 10.7. The highest BCUT2D eigenvalue weighted by molar-refractivity contribution is 7.22. The van der Waals surface area contributed by atoms with E-state index in [4.69, 9.17) is 0 Å². The second-order valence-electron chi connectivity index (χ2n) is 8.31. The van der Waals surface area contributed by atoms with E-state index in [2.05, 4.69) is 4.98 Å². The molecule has 1 aromatic heterocycles. The SMILES string of the molecule is Cc1cc(C)c2nc(N3C(=O)C(=O)/C(=C(/O)c4ccccc4)[C@@H]3c3cccc([N+](=O)[O-])c3)sc2c1. The summed E-state index contributed by atoms with van der Waals surface area (Å²) in [5.74, 6) is -2.08. The standard InChI is InChI=1S/C26H19N3O5S/c1-14-11-15(2)21-19(12-14)35-26(27-21)28-22(17-9-6-10-18(13-17)29(33)34)20(24(31)25(28)32)23(30)16-7-4-3-5-8-16/h3-13,22,30H,1-2H3/b23-20+/t22-/m0/s1. The van der Waals surface area contributed by atoms with Gasteiger partial charge >= 0.3 is 5.91 Å². The van der Waals surface area contributed by atoms with Crippen LogP contribution in [0.3, 0.4) is 0 Å². The molecule has 3 aromatic carbocycles. The molecule has 5 rings (SSSR count). The molecule has 1 N–H and O–H groups in total. The lowest BCUT2D eigenvalue weighted by molar-refractivity contribution is -0.384. The van der Waals surface area contributed by atoms with E-state index in [1.165, 1.54) is 34.4 Å². The van der Waals surface area contributed by atoms with Gasteiger partial charge in [0.25, 0.3) is 11.5 Å². The number of fused-ring (bicyclic) bond motifs is 1. The van der Waals surface area contributed by atoms with Gasteiger partial charge in [-0.05, 0) is 36.6 Å². The summed E-state index contributed by atoms with van der Waals surface area (Å²) in [7, 11) is 0. The molecule has 1 atom stereocenters. The molecule has 4 aromatic rings. The summed E-state index contributed by atoms with van der Waals surface area (Å²) >= 11 is 1.25. The molecule has 0 radical (unpaired) electrons. The van der Waals surface area contributed by atoms with Crippen LogP contribution in [-0.2, 0) is 9.59 Å². The van der Waals surface area contributed by atoms with Crippen LogP contribution in [0.15, 0.2) is 72.3 Å². The highest BCUT2D eigenvalue weighted by Gasteiger charge is 2.48. The molecular formula is C26H19N3O5S. The fourth-order valence-electron chi connectivity index (χ4n) is 4.37. The van der Waals surface area contributed by atoms with Crippen LogP contribution >= 0.6 is 11.3 Å². The fraction of sp³-hybridized carbons (Fsp3) is 0.115. The number of anilines is 1. The van der Waals surface area contributed by atoms with Gasteiger partial charge in [-0.3, -0.25) is 24.6 Å². The molecule has 0 aliphatic carbocycles. The summed E-state index contributed by atoms with van der Waals surface area (Å²) in [5.41, 5.74) is 3.01. The number of aliphatic hydroxyl groups excluding tert-OH is 1. The van der Waals surface area contributed by atoms with Crippen LogP contribution in [0.4, 0.5) is 10.8 Å². The van der Waals surface area contributed by atoms with E-state index in [0.717, 1.165) is 15.8 Å². The molecule has 35 heavy (non-hydrogen) atoms. The number of hydrogen-bond acceptors (Lipinski definition) is 7. The van der Waals surface area contributed by atoms with Crippen molar-refractivity contribution in [1.29, 1.82) is 0 Å². The minimum absolute atomic E-state index is 0.145. The molecule has 1 aliphatic heterocycles. The molecule has 174 valence electrons. The van der Waals surface area contributed by atoms with Crippen LogP contribution in [-0.4, -0.2) is 26.7 Å². The van der Waals surface area contributed by atoms with Crippen LogP contribution in [0.2, 0.25) is 0 Å². The second-order valence-corrected chi connectivity index (χ2v) is 9.32. The van der Waals surface area contributed by atoms with Crippen molar-refractivity contribution in [2.24, 2.45) is 0 Å². The average molecular weight is 486 g/mol. The molecule has 8 nitrogen and oxygen atoms in total. The lowest BCUT2D eigenvalue weighted by Crippen LogP contribution is -2.29. The van der Waals surface area contributed by atoms with Crippen LogP contribution in [0.5, 0.6) is 0 Å². The lowest BCUT2D eigenvalue weighted by atomic mass is 9.95. The summed E-state index contributed by atoms with van der Waals surface area (Å²) in [6.07, 6.45) is 0. The van der Waals surface area contributed by atoms with Crippen molar-refractivity contribution in [1.82, 2.24) is 4.98 Å². The first kappa shape index (κ1) is 22.4. The Kier molecular flexibility index (Phi) is 5.41. The Morgan fingerprint density at radius 2 is 1.80 bits per heavy atom. The van der Waals surface area contributed by atoms with Crippen molar-refractivity contribution in [2.45, 2.75) is 19.9 Å². The number of aliphatic hydroxyl groups is 1. The number of hydrogen-bond donors (Lipinski definition) is 1. The van der Waals surface area contributed by atoms with Crippen molar-refractivity contribution in [3.05, 3.63) is 105 Å². The minimum Gasteiger partial charge on any atom is -0.507 e. The summed E-state index contributed by atoms with van der Waals surface area (Å²) in [5, 5.41) is 22.9. The Hall–Kier alpha value is -4.37. The monoisotopic (exact) mass is 485 g/mol. The molecule has 2 heterocycles. The van der Waals surface area contributed by atoms with E-state index in [9.17, 15) is 24.8 Å². The maximum atomic E-state index is 13.3. The van der Waals surface area contributed by atoms with E-state index in [1.54, 1.807) is 36.4 Å². The average Bonchev–Trinajstić information content (AvgIpc) is 3.38. The molecule has 0 bridgehead atoms. The maximum absolute atomic E-state index is 13.3. The topological polar surface area (TPSA) is 114 Å². The molecule has 0 spiro atoms. The number of non-ortho nitro benzene ring substituents is 1. The van der Waals surface area contributed by atoms with Crippen molar-refractivity contribution in [2.75, 3.05) is 4.90 Å². The molecule has 1 aliphatic rings. The van der Waals surface area contributed by atoms with E-state index in [-0.39, 0.29) is 22.2 Å². The zero-order valence-electron chi connectivity index (χ0n) is 18.8. The van der Waals surface area contributed by atoms with Gasteiger partial charge in [0.1, 0.15) is 5.76 Å². The number of aryl methyl sites for hydroxylation is 2. The third-order valence-corrected chi connectivity index (χ3v) is 6.91. The van der Waals surface area contributed by atoms with E-state index in [0.29, 0.717) is 16.6 Å². The number of carbonyl (C=O) groups excluding carboxylic acids is 2. The predicted molar refractivity (Wildman–Crippen MR) is 133 cm³/mol. The van der Waals surface area contributed by atoms with Gasteiger partial charge < -0.3 is 5.11 Å². The molecule has 1 fully saturated rings. The Labute approximate surface area is 203 Å². The van der Waals surface area contributed by atoms with Gasteiger partial charge in [-0.25, -0.2) is 4.98 Å². The molecule has 1 saturated heterocycles. The Morgan fingerprint density at radius 1 is 1.06 bits per heavy atom. The number of nitro benzene ring substituents is 1. The predicted octanol–water partition coefficient (Wildman–Crippen LogP) is 5.45. The lowest BCUT2D eigenvalue weighted by Gasteiger charge is -2.22. The summed E-state index contributed by atoms with van der Waals surface area (Å²) in [6.45, 7) is 3.88.